The van der Waals surface area contributed by atoms with Crippen LogP contribution in [0.5, 0.6) is 0 Å². The predicted molar refractivity (Wildman–Crippen MR) is 61.6 cm³/mol. The largest absolute Gasteiger partial charge is 0.679 e. The van der Waals surface area contributed by atoms with Gasteiger partial charge in [0.1, 0.15) is 0 Å². The molecule has 0 saturated carbocycles. The van der Waals surface area contributed by atoms with Crippen LogP contribution < -0.4 is 0 Å². The maximum Gasteiger partial charge on any atom is 0.679 e. The van der Waals surface area contributed by atoms with Gasteiger partial charge in [0.15, 0.2) is 0 Å². The molecule has 1 saturated heterocycles. The van der Waals surface area contributed by atoms with Gasteiger partial charge in [-0.25, -0.2) is 0 Å². The van der Waals surface area contributed by atoms with Crippen molar-refractivity contribution in [3.8, 4) is 0 Å². The molecule has 1 aliphatic heterocycles. The van der Waals surface area contributed by atoms with E-state index in [1.165, 1.54) is 0 Å². The van der Waals surface area contributed by atoms with Gasteiger partial charge >= 0.3 is 9.05 Å². The Balaban J connectivity index is 1.63. The van der Waals surface area contributed by atoms with E-state index in [2.05, 4.69) is 24.3 Å². The Morgan fingerprint density at radius 1 is 1.25 bits per heavy atom. The summed E-state index contributed by atoms with van der Waals surface area (Å²) < 4.78 is 21.7. The summed E-state index contributed by atoms with van der Waals surface area (Å²) in [5.41, 5.74) is 0. The van der Waals surface area contributed by atoms with Crippen LogP contribution in [-0.4, -0.2) is 36.0 Å². The van der Waals surface area contributed by atoms with E-state index in [1.54, 1.807) is 7.11 Å². The lowest BCUT2D eigenvalue weighted by Gasteiger charge is -2.19. The summed E-state index contributed by atoms with van der Waals surface area (Å²) in [6.07, 6.45) is 10.7. The van der Waals surface area contributed by atoms with E-state index in [-0.39, 0.29) is 0 Å². The van der Waals surface area contributed by atoms with Gasteiger partial charge in [-0.15, -0.1) is 0 Å². The van der Waals surface area contributed by atoms with Gasteiger partial charge in [0.25, 0.3) is 0 Å². The molecule has 0 N–H and O–H groups in total. The van der Waals surface area contributed by atoms with E-state index in [4.69, 9.17) is 17.7 Å². The van der Waals surface area contributed by atoms with Crippen LogP contribution >= 0.6 is 0 Å². The standard InChI is InChI=1S/C11H18O4Si/c1-12-16(14-9-10-15-16)13-8-4-7-11-5-2-3-6-11/h2-3,5-6,11H,4,7-10H2,1H3. The fraction of sp³-hybridized carbons (Fsp3) is 0.636. The van der Waals surface area contributed by atoms with E-state index < -0.39 is 9.05 Å². The Morgan fingerprint density at radius 3 is 2.56 bits per heavy atom. The molecule has 0 aromatic rings. The SMILES string of the molecule is CO[Si]1(OCCCC2C=CC=C2)OCCO1. The first-order valence-corrected chi connectivity index (χ1v) is 7.30. The normalized spacial score (nSPS) is 23.3. The van der Waals surface area contributed by atoms with Crippen molar-refractivity contribution in [1.82, 2.24) is 0 Å². The topological polar surface area (TPSA) is 36.9 Å². The Labute approximate surface area is 97.3 Å². The highest BCUT2D eigenvalue weighted by Gasteiger charge is 2.48. The summed E-state index contributed by atoms with van der Waals surface area (Å²) in [5.74, 6) is 0.564. The van der Waals surface area contributed by atoms with Crippen molar-refractivity contribution in [2.24, 2.45) is 5.92 Å². The average molecular weight is 242 g/mol. The molecule has 0 spiro atoms. The first-order valence-electron chi connectivity index (χ1n) is 5.67. The second-order valence-corrected chi connectivity index (χ2v) is 6.10. The molecule has 0 unspecified atom stereocenters. The van der Waals surface area contributed by atoms with E-state index in [0.717, 1.165) is 12.8 Å². The van der Waals surface area contributed by atoms with Crippen LogP contribution in [0.1, 0.15) is 12.8 Å². The molecule has 16 heavy (non-hydrogen) atoms. The Morgan fingerprint density at radius 2 is 1.94 bits per heavy atom. The van der Waals surface area contributed by atoms with Crippen LogP contribution in [0.2, 0.25) is 0 Å². The highest BCUT2D eigenvalue weighted by atomic mass is 28.4. The molecular weight excluding hydrogens is 224 g/mol. The van der Waals surface area contributed by atoms with E-state index in [9.17, 15) is 0 Å². The molecule has 1 fully saturated rings. The number of rotatable bonds is 6. The smallest absolute Gasteiger partial charge is 0.355 e. The molecule has 90 valence electrons. The lowest BCUT2D eigenvalue weighted by Crippen LogP contribution is -2.43. The lowest BCUT2D eigenvalue weighted by molar-refractivity contribution is 0.0379. The molecule has 0 radical (unpaired) electrons. The number of hydrogen-bond donors (Lipinski definition) is 0. The molecule has 5 heteroatoms. The highest BCUT2D eigenvalue weighted by molar-refractivity contribution is 6.53. The third-order valence-electron chi connectivity index (χ3n) is 2.68. The van der Waals surface area contributed by atoms with Crippen molar-refractivity contribution in [2.45, 2.75) is 12.8 Å². The molecule has 0 aromatic heterocycles. The highest BCUT2D eigenvalue weighted by Crippen LogP contribution is 2.19. The molecule has 0 bridgehead atoms. The summed E-state index contributed by atoms with van der Waals surface area (Å²) in [4.78, 5) is 0. The van der Waals surface area contributed by atoms with Crippen LogP contribution in [0.25, 0.3) is 0 Å². The number of allylic oxidation sites excluding steroid dienone is 4. The fourth-order valence-corrected chi connectivity index (χ4v) is 3.49. The van der Waals surface area contributed by atoms with Crippen molar-refractivity contribution in [2.75, 3.05) is 26.9 Å². The number of hydrogen-bond acceptors (Lipinski definition) is 4. The quantitative estimate of drug-likeness (QED) is 0.524. The zero-order chi connectivity index (χ0) is 11.3. The monoisotopic (exact) mass is 242 g/mol. The summed E-state index contributed by atoms with van der Waals surface area (Å²) in [6, 6.07) is 0. The van der Waals surface area contributed by atoms with Crippen LogP contribution in [0.4, 0.5) is 0 Å². The van der Waals surface area contributed by atoms with Crippen LogP contribution in [0.15, 0.2) is 24.3 Å². The van der Waals surface area contributed by atoms with Crippen molar-refractivity contribution < 1.29 is 17.7 Å². The van der Waals surface area contributed by atoms with E-state index in [0.29, 0.717) is 25.7 Å². The summed E-state index contributed by atoms with van der Waals surface area (Å²) in [7, 11) is -1.14. The predicted octanol–water partition coefficient (Wildman–Crippen LogP) is 1.65. The van der Waals surface area contributed by atoms with E-state index in [1.807, 2.05) is 0 Å². The second-order valence-electron chi connectivity index (χ2n) is 3.83. The maximum atomic E-state index is 5.62. The van der Waals surface area contributed by atoms with Gasteiger partial charge in [-0.2, -0.15) is 0 Å². The first kappa shape index (κ1) is 12.0. The van der Waals surface area contributed by atoms with Crippen molar-refractivity contribution in [3.05, 3.63) is 24.3 Å². The van der Waals surface area contributed by atoms with Gasteiger partial charge in [0.05, 0.1) is 13.2 Å². The van der Waals surface area contributed by atoms with Gasteiger partial charge in [-0.05, 0) is 18.8 Å². The minimum Gasteiger partial charge on any atom is -0.355 e. The van der Waals surface area contributed by atoms with Gasteiger partial charge in [-0.3, -0.25) is 0 Å². The molecular formula is C11H18O4Si. The molecule has 1 heterocycles. The lowest BCUT2D eigenvalue weighted by atomic mass is 10.1. The fourth-order valence-electron chi connectivity index (χ4n) is 1.82. The van der Waals surface area contributed by atoms with Gasteiger partial charge < -0.3 is 17.7 Å². The van der Waals surface area contributed by atoms with E-state index >= 15 is 0 Å². The third-order valence-corrected chi connectivity index (χ3v) is 4.85. The molecule has 1 aliphatic carbocycles. The van der Waals surface area contributed by atoms with Gasteiger partial charge in [-0.1, -0.05) is 24.3 Å². The van der Waals surface area contributed by atoms with Gasteiger partial charge in [0.2, 0.25) is 0 Å². The Kier molecular flexibility index (Phi) is 4.31. The van der Waals surface area contributed by atoms with Gasteiger partial charge in [0, 0.05) is 13.7 Å². The molecule has 4 nitrogen and oxygen atoms in total. The third kappa shape index (κ3) is 3.02. The molecule has 0 amide bonds. The summed E-state index contributed by atoms with van der Waals surface area (Å²) in [6.45, 7) is 1.79. The second kappa shape index (κ2) is 5.74. The molecule has 0 aromatic carbocycles. The average Bonchev–Trinajstić information content (AvgIpc) is 2.97. The van der Waals surface area contributed by atoms with Crippen molar-refractivity contribution in [1.29, 1.82) is 0 Å². The van der Waals surface area contributed by atoms with Crippen molar-refractivity contribution in [3.63, 3.8) is 0 Å². The molecule has 2 rings (SSSR count). The van der Waals surface area contributed by atoms with Crippen LogP contribution in [0, 0.1) is 5.92 Å². The Bertz CT molecular complexity index is 259. The molecule has 0 atom stereocenters. The first-order chi connectivity index (χ1) is 7.85. The van der Waals surface area contributed by atoms with Crippen molar-refractivity contribution >= 4 is 9.05 Å². The minimum absolute atomic E-state index is 0.564. The maximum absolute atomic E-state index is 5.62. The zero-order valence-electron chi connectivity index (χ0n) is 9.56. The zero-order valence-corrected chi connectivity index (χ0v) is 10.6. The van der Waals surface area contributed by atoms with Crippen LogP contribution in [-0.2, 0) is 17.7 Å². The molecule has 2 aliphatic rings. The Hall–Kier alpha value is -0.463. The van der Waals surface area contributed by atoms with Crippen LogP contribution in [0.3, 0.4) is 0 Å². The summed E-state index contributed by atoms with van der Waals surface area (Å²) >= 11 is 0. The minimum atomic E-state index is -2.72. The summed E-state index contributed by atoms with van der Waals surface area (Å²) in [5, 5.41) is 0.